The lowest BCUT2D eigenvalue weighted by atomic mass is 9.97. The molecule has 2 aromatic rings. The monoisotopic (exact) mass is 388 g/mol. The molecule has 1 heterocycles. The zero-order valence-electron chi connectivity index (χ0n) is 16.9. The van der Waals surface area contributed by atoms with Crippen LogP contribution in [0.15, 0.2) is 72.4 Å². The van der Waals surface area contributed by atoms with Crippen LogP contribution in [0.25, 0.3) is 0 Å². The van der Waals surface area contributed by atoms with Gasteiger partial charge in [0, 0.05) is 17.9 Å². The number of carbonyl (C=O) groups excluding carboxylic acids is 1. The van der Waals surface area contributed by atoms with Crippen molar-refractivity contribution in [2.75, 3.05) is 0 Å². The lowest BCUT2D eigenvalue weighted by molar-refractivity contribution is -0.111. The summed E-state index contributed by atoms with van der Waals surface area (Å²) in [6.07, 6.45) is 19.7. The topological polar surface area (TPSA) is 71.5 Å². The lowest BCUT2D eigenvalue weighted by Crippen LogP contribution is -2.01. The Hall–Kier alpha value is -3.08. The first-order chi connectivity index (χ1) is 14.3. The van der Waals surface area contributed by atoms with Crippen LogP contribution in [0.5, 0.6) is 0 Å². The van der Waals surface area contributed by atoms with Crippen molar-refractivity contribution >= 4 is 5.78 Å². The SMILES string of the molecule is CCc1cccc(C/C=C/C=C2/C(=O)C=CC2C/C=C\CCCc2nn[nH]n2)c1. The van der Waals surface area contributed by atoms with Crippen molar-refractivity contribution in [2.45, 2.75) is 45.4 Å². The zero-order valence-corrected chi connectivity index (χ0v) is 16.9. The third-order valence-corrected chi connectivity index (χ3v) is 5.05. The third-order valence-electron chi connectivity index (χ3n) is 5.05. The minimum atomic E-state index is 0.123. The van der Waals surface area contributed by atoms with E-state index in [2.05, 4.69) is 70.0 Å². The highest BCUT2D eigenvalue weighted by Gasteiger charge is 2.20. The van der Waals surface area contributed by atoms with Gasteiger partial charge in [-0.2, -0.15) is 5.21 Å². The molecular formula is C24H28N4O. The van der Waals surface area contributed by atoms with Gasteiger partial charge in [0.1, 0.15) is 0 Å². The molecule has 0 aliphatic heterocycles. The number of unbranched alkanes of at least 4 members (excludes halogenated alkanes) is 1. The standard InChI is InChI=1S/C24H28N4O/c1-2-19-11-9-12-20(18-19)10-7-8-14-22-21(16-17-23(22)29)13-5-3-4-6-15-24-25-27-28-26-24/h3,5,7-9,11-12,14,16-18,21H,2,4,6,10,13,15H2,1H3,(H,25,26,27,28)/b5-3-,8-7+,22-14+. The lowest BCUT2D eigenvalue weighted by Gasteiger charge is -2.06. The molecule has 5 heteroatoms. The summed E-state index contributed by atoms with van der Waals surface area (Å²) >= 11 is 0. The quantitative estimate of drug-likeness (QED) is 0.369. The molecule has 1 atom stereocenters. The maximum absolute atomic E-state index is 12.2. The number of aromatic amines is 1. The predicted molar refractivity (Wildman–Crippen MR) is 115 cm³/mol. The molecule has 1 aliphatic carbocycles. The van der Waals surface area contributed by atoms with E-state index in [0.29, 0.717) is 0 Å². The number of tetrazole rings is 1. The summed E-state index contributed by atoms with van der Waals surface area (Å²) in [6.45, 7) is 2.17. The summed E-state index contributed by atoms with van der Waals surface area (Å²) in [5, 5.41) is 13.9. The van der Waals surface area contributed by atoms with Gasteiger partial charge >= 0.3 is 0 Å². The number of ketones is 1. The zero-order chi connectivity index (χ0) is 20.3. The number of H-pyrrole nitrogens is 1. The molecular weight excluding hydrogens is 360 g/mol. The first kappa shape index (κ1) is 20.6. The van der Waals surface area contributed by atoms with Crippen LogP contribution >= 0.6 is 0 Å². The van der Waals surface area contributed by atoms with Crippen LogP contribution in [0, 0.1) is 5.92 Å². The normalized spacial score (nSPS) is 18.0. The Kier molecular flexibility index (Phi) is 7.87. The van der Waals surface area contributed by atoms with Crippen molar-refractivity contribution in [3.63, 3.8) is 0 Å². The van der Waals surface area contributed by atoms with Crippen molar-refractivity contribution in [2.24, 2.45) is 5.92 Å². The number of allylic oxidation sites excluding steroid dienone is 8. The second-order valence-electron chi connectivity index (χ2n) is 7.19. The van der Waals surface area contributed by atoms with Crippen LogP contribution in [0.1, 0.15) is 43.1 Å². The summed E-state index contributed by atoms with van der Waals surface area (Å²) in [7, 11) is 0. The van der Waals surface area contributed by atoms with Gasteiger partial charge in [-0.3, -0.25) is 4.79 Å². The molecule has 1 N–H and O–H groups in total. The van der Waals surface area contributed by atoms with Gasteiger partial charge in [-0.1, -0.05) is 72.9 Å². The number of hydrogen-bond donors (Lipinski definition) is 1. The summed E-state index contributed by atoms with van der Waals surface area (Å²) < 4.78 is 0. The smallest absolute Gasteiger partial charge is 0.182 e. The van der Waals surface area contributed by atoms with Gasteiger partial charge < -0.3 is 0 Å². The molecule has 0 bridgehead atoms. The number of aryl methyl sites for hydroxylation is 2. The first-order valence-electron chi connectivity index (χ1n) is 10.3. The molecule has 1 aliphatic rings. The van der Waals surface area contributed by atoms with Crippen molar-refractivity contribution < 1.29 is 4.79 Å². The fourth-order valence-corrected chi connectivity index (χ4v) is 3.38. The third kappa shape index (κ3) is 6.49. The number of benzene rings is 1. The Labute approximate surface area is 172 Å². The van der Waals surface area contributed by atoms with E-state index < -0.39 is 0 Å². The van der Waals surface area contributed by atoms with Crippen molar-refractivity contribution in [1.82, 2.24) is 20.6 Å². The van der Waals surface area contributed by atoms with E-state index in [0.717, 1.165) is 49.9 Å². The maximum Gasteiger partial charge on any atom is 0.182 e. The van der Waals surface area contributed by atoms with E-state index in [1.807, 2.05) is 18.2 Å². The van der Waals surface area contributed by atoms with Crippen molar-refractivity contribution in [3.8, 4) is 0 Å². The van der Waals surface area contributed by atoms with Gasteiger partial charge in [0.2, 0.25) is 0 Å². The van der Waals surface area contributed by atoms with Crippen molar-refractivity contribution in [3.05, 3.63) is 89.3 Å². The van der Waals surface area contributed by atoms with Gasteiger partial charge in [0.05, 0.1) is 0 Å². The summed E-state index contributed by atoms with van der Waals surface area (Å²) in [4.78, 5) is 12.2. The fraction of sp³-hybridized carbons (Fsp3) is 0.333. The molecule has 0 saturated heterocycles. The second kappa shape index (κ2) is 11.1. The number of rotatable bonds is 10. The molecule has 5 nitrogen and oxygen atoms in total. The van der Waals surface area contributed by atoms with Crippen LogP contribution in [0.3, 0.4) is 0 Å². The highest BCUT2D eigenvalue weighted by molar-refractivity contribution is 6.07. The molecule has 1 aromatic carbocycles. The van der Waals surface area contributed by atoms with Crippen LogP contribution in [0.4, 0.5) is 0 Å². The highest BCUT2D eigenvalue weighted by Crippen LogP contribution is 2.25. The summed E-state index contributed by atoms with van der Waals surface area (Å²) in [5.41, 5.74) is 3.53. The van der Waals surface area contributed by atoms with E-state index >= 15 is 0 Å². The summed E-state index contributed by atoms with van der Waals surface area (Å²) in [6, 6.07) is 8.65. The molecule has 150 valence electrons. The number of nitrogens with zero attached hydrogens (tertiary/aromatic N) is 3. The Balaban J connectivity index is 1.45. The number of carbonyl (C=O) groups is 1. The Morgan fingerprint density at radius 3 is 2.90 bits per heavy atom. The van der Waals surface area contributed by atoms with E-state index in [-0.39, 0.29) is 11.7 Å². The van der Waals surface area contributed by atoms with Gasteiger partial charge in [-0.15, -0.1) is 10.2 Å². The Morgan fingerprint density at radius 2 is 2.07 bits per heavy atom. The van der Waals surface area contributed by atoms with Crippen molar-refractivity contribution in [1.29, 1.82) is 0 Å². The van der Waals surface area contributed by atoms with E-state index in [1.54, 1.807) is 6.08 Å². The minimum absolute atomic E-state index is 0.123. The average molecular weight is 389 g/mol. The van der Waals surface area contributed by atoms with E-state index in [9.17, 15) is 4.79 Å². The van der Waals surface area contributed by atoms with Gasteiger partial charge in [0.25, 0.3) is 0 Å². The highest BCUT2D eigenvalue weighted by atomic mass is 16.1. The molecule has 3 rings (SSSR count). The number of hydrogen-bond acceptors (Lipinski definition) is 4. The molecule has 0 saturated carbocycles. The number of nitrogens with one attached hydrogen (secondary N) is 1. The van der Waals surface area contributed by atoms with Gasteiger partial charge in [-0.05, 0) is 49.3 Å². The molecule has 0 amide bonds. The molecule has 0 radical (unpaired) electrons. The largest absolute Gasteiger partial charge is 0.290 e. The Bertz CT molecular complexity index is 907. The average Bonchev–Trinajstić information content (AvgIpc) is 3.38. The summed E-state index contributed by atoms with van der Waals surface area (Å²) in [5.74, 6) is 1.04. The van der Waals surface area contributed by atoms with Gasteiger partial charge in [0.15, 0.2) is 11.6 Å². The van der Waals surface area contributed by atoms with Gasteiger partial charge in [-0.25, -0.2) is 0 Å². The number of aromatic nitrogens is 4. The second-order valence-corrected chi connectivity index (χ2v) is 7.19. The first-order valence-corrected chi connectivity index (χ1v) is 10.3. The van der Waals surface area contributed by atoms with Crippen LogP contribution < -0.4 is 0 Å². The van der Waals surface area contributed by atoms with Crippen LogP contribution in [-0.2, 0) is 24.1 Å². The van der Waals surface area contributed by atoms with E-state index in [4.69, 9.17) is 0 Å². The van der Waals surface area contributed by atoms with Crippen LogP contribution in [0.2, 0.25) is 0 Å². The Morgan fingerprint density at radius 1 is 1.17 bits per heavy atom. The molecule has 1 unspecified atom stereocenters. The minimum Gasteiger partial charge on any atom is -0.290 e. The maximum atomic E-state index is 12.2. The molecule has 29 heavy (non-hydrogen) atoms. The molecule has 1 aromatic heterocycles. The molecule has 0 fully saturated rings. The van der Waals surface area contributed by atoms with E-state index in [1.165, 1.54) is 11.1 Å². The van der Waals surface area contributed by atoms with Crippen LogP contribution in [-0.4, -0.2) is 26.4 Å². The fourth-order valence-electron chi connectivity index (χ4n) is 3.38. The predicted octanol–water partition coefficient (Wildman–Crippen LogP) is 4.51. The molecule has 0 spiro atoms.